The van der Waals surface area contributed by atoms with Gasteiger partial charge in [0.05, 0.1) is 23.2 Å². The number of amides is 1. The van der Waals surface area contributed by atoms with Gasteiger partial charge in [0.2, 0.25) is 5.91 Å². The van der Waals surface area contributed by atoms with Gasteiger partial charge in [0.1, 0.15) is 0 Å². The second kappa shape index (κ2) is 10.8. The molecule has 1 aromatic rings. The van der Waals surface area contributed by atoms with Crippen molar-refractivity contribution in [2.75, 3.05) is 52.4 Å². The number of ether oxygens (including phenoxy) is 1. The molecule has 0 unspecified atom stereocenters. The van der Waals surface area contributed by atoms with E-state index < -0.39 is 0 Å². The van der Waals surface area contributed by atoms with Crippen LogP contribution in [-0.4, -0.2) is 84.9 Å². The predicted octanol–water partition coefficient (Wildman–Crippen LogP) is 3.59. The van der Waals surface area contributed by atoms with Gasteiger partial charge in [-0.3, -0.25) is 14.5 Å². The summed E-state index contributed by atoms with van der Waals surface area (Å²) >= 11 is 12.7. The van der Waals surface area contributed by atoms with Crippen LogP contribution in [0, 0.1) is 0 Å². The number of ketones is 1. The zero-order chi connectivity index (χ0) is 21.7. The van der Waals surface area contributed by atoms with Crippen LogP contribution in [0.1, 0.15) is 43.5 Å². The first-order valence-electron chi connectivity index (χ1n) is 10.7. The average Bonchev–Trinajstić information content (AvgIpc) is 3.11. The van der Waals surface area contributed by atoms with Crippen LogP contribution in [0.2, 0.25) is 10.0 Å². The summed E-state index contributed by atoms with van der Waals surface area (Å²) in [6.07, 6.45) is 3.44. The Morgan fingerprint density at radius 3 is 2.33 bits per heavy atom. The average molecular weight is 456 g/mol. The van der Waals surface area contributed by atoms with Crippen LogP contribution in [-0.2, 0) is 4.79 Å². The van der Waals surface area contributed by atoms with Gasteiger partial charge in [-0.25, -0.2) is 0 Å². The van der Waals surface area contributed by atoms with E-state index >= 15 is 0 Å². The fourth-order valence-electron chi connectivity index (χ4n) is 4.14. The number of carbonyl (C=O) groups is 2. The molecule has 2 aliphatic rings. The van der Waals surface area contributed by atoms with Gasteiger partial charge in [0.25, 0.3) is 0 Å². The number of carbonyl (C=O) groups excluding carboxylic acids is 2. The quantitative estimate of drug-likeness (QED) is 0.442. The van der Waals surface area contributed by atoms with Crippen molar-refractivity contribution in [1.29, 1.82) is 0 Å². The first kappa shape index (κ1) is 23.3. The van der Waals surface area contributed by atoms with E-state index in [-0.39, 0.29) is 18.2 Å². The SMILES string of the molecule is CC(=O)N1CCN(CC(=O)c2cc(Cl)c(OCCCN3CCC[C@H]3C)c(Cl)c2)CC1. The lowest BCUT2D eigenvalue weighted by Gasteiger charge is -2.33. The first-order valence-corrected chi connectivity index (χ1v) is 11.5. The third-order valence-corrected chi connectivity index (χ3v) is 6.59. The van der Waals surface area contributed by atoms with Crippen LogP contribution >= 0.6 is 23.2 Å². The van der Waals surface area contributed by atoms with Gasteiger partial charge in [-0.05, 0) is 44.9 Å². The van der Waals surface area contributed by atoms with Crippen LogP contribution in [0.25, 0.3) is 0 Å². The van der Waals surface area contributed by atoms with Crippen LogP contribution in [0.5, 0.6) is 5.75 Å². The molecule has 166 valence electrons. The molecule has 2 heterocycles. The Morgan fingerprint density at radius 2 is 1.77 bits per heavy atom. The van der Waals surface area contributed by atoms with Crippen LogP contribution in [0.15, 0.2) is 12.1 Å². The summed E-state index contributed by atoms with van der Waals surface area (Å²) in [5, 5.41) is 0.726. The van der Waals surface area contributed by atoms with Crippen LogP contribution in [0.4, 0.5) is 0 Å². The van der Waals surface area contributed by atoms with Gasteiger partial charge in [0.15, 0.2) is 11.5 Å². The van der Waals surface area contributed by atoms with Crippen LogP contribution in [0.3, 0.4) is 0 Å². The summed E-state index contributed by atoms with van der Waals surface area (Å²) in [5.74, 6) is 0.481. The monoisotopic (exact) mass is 455 g/mol. The Hall–Kier alpha value is -1.34. The van der Waals surface area contributed by atoms with E-state index in [1.165, 1.54) is 12.8 Å². The van der Waals surface area contributed by atoms with Crippen molar-refractivity contribution < 1.29 is 14.3 Å². The smallest absolute Gasteiger partial charge is 0.219 e. The molecule has 2 fully saturated rings. The second-order valence-electron chi connectivity index (χ2n) is 8.20. The van der Waals surface area contributed by atoms with Crippen LogP contribution < -0.4 is 4.74 Å². The molecule has 1 atom stereocenters. The maximum Gasteiger partial charge on any atom is 0.219 e. The number of hydrogen-bond acceptors (Lipinski definition) is 5. The molecule has 3 rings (SSSR count). The number of likely N-dealkylation sites (tertiary alicyclic amines) is 1. The molecule has 0 aliphatic carbocycles. The third-order valence-electron chi connectivity index (χ3n) is 6.03. The predicted molar refractivity (Wildman–Crippen MR) is 120 cm³/mol. The van der Waals surface area contributed by atoms with Crippen molar-refractivity contribution in [3.05, 3.63) is 27.7 Å². The molecule has 6 nitrogen and oxygen atoms in total. The Kier molecular flexibility index (Phi) is 8.40. The topological polar surface area (TPSA) is 53.1 Å². The zero-order valence-corrected chi connectivity index (χ0v) is 19.3. The van der Waals surface area contributed by atoms with E-state index in [1.54, 1.807) is 24.0 Å². The Balaban J connectivity index is 1.49. The minimum absolute atomic E-state index is 0.0374. The van der Waals surface area contributed by atoms with Gasteiger partial charge < -0.3 is 14.5 Å². The summed E-state index contributed by atoms with van der Waals surface area (Å²) in [6.45, 7) is 9.48. The summed E-state index contributed by atoms with van der Waals surface area (Å²) in [7, 11) is 0. The van der Waals surface area contributed by atoms with Gasteiger partial charge >= 0.3 is 0 Å². The molecule has 2 saturated heterocycles. The molecule has 0 radical (unpaired) electrons. The van der Waals surface area contributed by atoms with Crippen molar-refractivity contribution >= 4 is 34.9 Å². The zero-order valence-electron chi connectivity index (χ0n) is 17.8. The summed E-state index contributed by atoms with van der Waals surface area (Å²) in [6, 6.07) is 3.92. The van der Waals surface area contributed by atoms with E-state index in [9.17, 15) is 9.59 Å². The molecule has 1 aromatic carbocycles. The van der Waals surface area contributed by atoms with Crippen molar-refractivity contribution in [2.24, 2.45) is 0 Å². The Morgan fingerprint density at radius 1 is 1.10 bits per heavy atom. The third kappa shape index (κ3) is 6.10. The largest absolute Gasteiger partial charge is 0.490 e. The van der Waals surface area contributed by atoms with Gasteiger partial charge in [-0.2, -0.15) is 0 Å². The van der Waals surface area contributed by atoms with E-state index in [0.717, 1.165) is 19.5 Å². The normalized spacial score (nSPS) is 20.5. The highest BCUT2D eigenvalue weighted by atomic mass is 35.5. The first-order chi connectivity index (χ1) is 14.3. The number of benzene rings is 1. The highest BCUT2D eigenvalue weighted by molar-refractivity contribution is 6.37. The van der Waals surface area contributed by atoms with E-state index in [4.69, 9.17) is 27.9 Å². The van der Waals surface area contributed by atoms with E-state index in [2.05, 4.69) is 11.8 Å². The number of piperazine rings is 1. The van der Waals surface area contributed by atoms with E-state index in [0.29, 0.717) is 60.2 Å². The number of nitrogens with zero attached hydrogens (tertiary/aromatic N) is 3. The second-order valence-corrected chi connectivity index (χ2v) is 9.02. The lowest BCUT2D eigenvalue weighted by molar-refractivity contribution is -0.130. The molecule has 1 amide bonds. The van der Waals surface area contributed by atoms with Gasteiger partial charge in [-0.1, -0.05) is 23.2 Å². The molecule has 0 N–H and O–H groups in total. The summed E-state index contributed by atoms with van der Waals surface area (Å²) in [4.78, 5) is 30.4. The molecule has 8 heteroatoms. The summed E-state index contributed by atoms with van der Waals surface area (Å²) < 4.78 is 5.83. The van der Waals surface area contributed by atoms with Crippen molar-refractivity contribution in [3.63, 3.8) is 0 Å². The van der Waals surface area contributed by atoms with E-state index in [1.807, 2.05) is 4.90 Å². The summed E-state index contributed by atoms with van der Waals surface area (Å²) in [5.41, 5.74) is 0.484. The molecule has 0 bridgehead atoms. The number of rotatable bonds is 8. The molecule has 0 aromatic heterocycles. The maximum atomic E-state index is 12.7. The minimum Gasteiger partial charge on any atom is -0.490 e. The molecule has 0 saturated carbocycles. The molecule has 2 aliphatic heterocycles. The fourth-order valence-corrected chi connectivity index (χ4v) is 4.74. The minimum atomic E-state index is -0.0374. The fraction of sp³-hybridized carbons (Fsp3) is 0.636. The molecular formula is C22H31Cl2N3O3. The lowest BCUT2D eigenvalue weighted by Crippen LogP contribution is -2.49. The molecule has 30 heavy (non-hydrogen) atoms. The molecule has 0 spiro atoms. The number of Topliss-reactive ketones (excluding diaryl/α,β-unsaturated/α-hetero) is 1. The van der Waals surface area contributed by atoms with Crippen molar-refractivity contribution in [3.8, 4) is 5.75 Å². The Labute approximate surface area is 189 Å². The van der Waals surface area contributed by atoms with Crippen molar-refractivity contribution in [2.45, 2.75) is 39.2 Å². The number of hydrogen-bond donors (Lipinski definition) is 0. The highest BCUT2D eigenvalue weighted by Crippen LogP contribution is 2.34. The standard InChI is InChI=1S/C22H31Cl2N3O3/c1-16-5-3-6-26(16)7-4-12-30-22-19(23)13-18(14-20(22)24)21(29)15-25-8-10-27(11-9-25)17(2)28/h13-14,16H,3-12,15H2,1-2H3/t16-/m1/s1. The lowest BCUT2D eigenvalue weighted by atomic mass is 10.1. The Bertz CT molecular complexity index is 743. The number of halogens is 2. The molecular weight excluding hydrogens is 425 g/mol. The van der Waals surface area contributed by atoms with Gasteiger partial charge in [0, 0.05) is 51.3 Å². The van der Waals surface area contributed by atoms with Gasteiger partial charge in [-0.15, -0.1) is 0 Å². The maximum absolute atomic E-state index is 12.7. The highest BCUT2D eigenvalue weighted by Gasteiger charge is 2.22. The van der Waals surface area contributed by atoms with Crippen molar-refractivity contribution in [1.82, 2.24) is 14.7 Å².